The zero-order chi connectivity index (χ0) is 14.0. The molecule has 0 saturated carbocycles. The number of hydrogen-bond donors (Lipinski definition) is 1. The molecule has 1 unspecified atom stereocenters. The lowest BCUT2D eigenvalue weighted by molar-refractivity contribution is -0.150. The van der Waals surface area contributed by atoms with Crippen molar-refractivity contribution in [2.75, 3.05) is 6.54 Å². The number of carbonyl (C=O) groups is 2. The Labute approximate surface area is 116 Å². The van der Waals surface area contributed by atoms with Gasteiger partial charge in [0.25, 0.3) is 5.91 Å². The van der Waals surface area contributed by atoms with E-state index in [0.29, 0.717) is 18.5 Å². The number of piperidine rings is 1. The predicted molar refractivity (Wildman–Crippen MR) is 70.2 cm³/mol. The Morgan fingerprint density at radius 3 is 2.84 bits per heavy atom. The van der Waals surface area contributed by atoms with Gasteiger partial charge in [-0.1, -0.05) is 11.6 Å². The Morgan fingerprint density at radius 2 is 2.21 bits per heavy atom. The average Bonchev–Trinajstić information content (AvgIpc) is 2.39. The molecule has 1 aromatic rings. The van der Waals surface area contributed by atoms with Crippen molar-refractivity contribution in [3.63, 3.8) is 0 Å². The van der Waals surface area contributed by atoms with Crippen LogP contribution in [0.4, 0.5) is 0 Å². The van der Waals surface area contributed by atoms with Crippen LogP contribution in [0.1, 0.15) is 36.5 Å². The van der Waals surface area contributed by atoms with E-state index in [0.717, 1.165) is 12.8 Å². The minimum absolute atomic E-state index is 0.241. The van der Waals surface area contributed by atoms with Gasteiger partial charge < -0.3 is 10.0 Å². The number of carboxylic acids is 1. The summed E-state index contributed by atoms with van der Waals surface area (Å²) in [5.41, 5.74) is -0.867. The first kappa shape index (κ1) is 13.8. The number of rotatable bonds is 2. The molecule has 1 saturated heterocycles. The zero-order valence-electron chi connectivity index (χ0n) is 10.6. The Balaban J connectivity index is 2.36. The molecule has 19 heavy (non-hydrogen) atoms. The van der Waals surface area contributed by atoms with Crippen LogP contribution in [0.5, 0.6) is 0 Å². The van der Waals surface area contributed by atoms with Crippen LogP contribution in [0.25, 0.3) is 0 Å². The van der Waals surface area contributed by atoms with Gasteiger partial charge in [-0.15, -0.1) is 0 Å². The van der Waals surface area contributed by atoms with Gasteiger partial charge in [0.05, 0.1) is 10.6 Å². The van der Waals surface area contributed by atoms with Crippen molar-refractivity contribution in [1.29, 1.82) is 0 Å². The average molecular weight is 283 g/mol. The first-order valence-corrected chi connectivity index (χ1v) is 6.49. The molecule has 0 aliphatic carbocycles. The number of carbonyl (C=O) groups excluding carboxylic acids is 1. The van der Waals surface area contributed by atoms with Gasteiger partial charge in [-0.05, 0) is 32.3 Å². The van der Waals surface area contributed by atoms with Gasteiger partial charge in [0.2, 0.25) is 0 Å². The minimum Gasteiger partial charge on any atom is -0.480 e. The van der Waals surface area contributed by atoms with Crippen molar-refractivity contribution in [2.24, 2.45) is 0 Å². The first-order valence-electron chi connectivity index (χ1n) is 6.11. The second-order valence-corrected chi connectivity index (χ2v) is 5.26. The molecule has 5 nitrogen and oxygen atoms in total. The number of likely N-dealkylation sites (tertiary alicyclic amines) is 1. The molecule has 0 radical (unpaired) electrons. The molecule has 102 valence electrons. The fourth-order valence-corrected chi connectivity index (χ4v) is 2.56. The molecule has 2 heterocycles. The molecule has 0 bridgehead atoms. The summed E-state index contributed by atoms with van der Waals surface area (Å²) >= 11 is 5.95. The van der Waals surface area contributed by atoms with Gasteiger partial charge in [0.15, 0.2) is 0 Å². The van der Waals surface area contributed by atoms with Crippen LogP contribution >= 0.6 is 11.6 Å². The van der Waals surface area contributed by atoms with Crippen LogP contribution in [0.15, 0.2) is 18.5 Å². The summed E-state index contributed by atoms with van der Waals surface area (Å²) < 4.78 is 0. The van der Waals surface area contributed by atoms with E-state index in [2.05, 4.69) is 4.98 Å². The topological polar surface area (TPSA) is 70.5 Å². The number of hydrogen-bond acceptors (Lipinski definition) is 3. The van der Waals surface area contributed by atoms with Crippen molar-refractivity contribution in [2.45, 2.75) is 31.7 Å². The Bertz CT molecular complexity index is 520. The van der Waals surface area contributed by atoms with E-state index in [-0.39, 0.29) is 10.9 Å². The highest BCUT2D eigenvalue weighted by atomic mass is 35.5. The van der Waals surface area contributed by atoms with Crippen LogP contribution in [0.3, 0.4) is 0 Å². The fraction of sp³-hybridized carbons (Fsp3) is 0.462. The molecule has 1 atom stereocenters. The van der Waals surface area contributed by atoms with E-state index < -0.39 is 11.5 Å². The van der Waals surface area contributed by atoms with Gasteiger partial charge in [0, 0.05) is 18.9 Å². The maximum Gasteiger partial charge on any atom is 0.329 e. The van der Waals surface area contributed by atoms with Gasteiger partial charge >= 0.3 is 5.97 Å². The van der Waals surface area contributed by atoms with Gasteiger partial charge in [-0.3, -0.25) is 9.78 Å². The molecule has 0 spiro atoms. The highest BCUT2D eigenvalue weighted by Gasteiger charge is 2.44. The molecule has 1 N–H and O–H groups in total. The third kappa shape index (κ3) is 2.42. The van der Waals surface area contributed by atoms with Gasteiger partial charge in [-0.25, -0.2) is 4.79 Å². The van der Waals surface area contributed by atoms with Gasteiger partial charge in [-0.2, -0.15) is 0 Å². The summed E-state index contributed by atoms with van der Waals surface area (Å²) in [5.74, 6) is -1.33. The maximum absolute atomic E-state index is 12.5. The van der Waals surface area contributed by atoms with E-state index >= 15 is 0 Å². The summed E-state index contributed by atoms with van der Waals surface area (Å²) in [7, 11) is 0. The number of halogens is 1. The largest absolute Gasteiger partial charge is 0.480 e. The van der Waals surface area contributed by atoms with Crippen LogP contribution in [0.2, 0.25) is 5.02 Å². The second-order valence-electron chi connectivity index (χ2n) is 4.85. The molecular weight excluding hydrogens is 268 g/mol. The molecule has 1 aliphatic rings. The van der Waals surface area contributed by atoms with Crippen LogP contribution in [-0.4, -0.2) is 39.0 Å². The monoisotopic (exact) mass is 282 g/mol. The maximum atomic E-state index is 12.5. The number of aromatic nitrogens is 1. The molecule has 6 heteroatoms. The highest BCUT2D eigenvalue weighted by Crippen LogP contribution is 2.30. The van der Waals surface area contributed by atoms with Crippen molar-refractivity contribution < 1.29 is 14.7 Å². The zero-order valence-corrected chi connectivity index (χ0v) is 11.4. The van der Waals surface area contributed by atoms with E-state index in [1.54, 1.807) is 6.92 Å². The number of pyridine rings is 1. The Hall–Kier alpha value is -1.62. The van der Waals surface area contributed by atoms with E-state index in [1.165, 1.54) is 23.4 Å². The Kier molecular flexibility index (Phi) is 3.75. The lowest BCUT2D eigenvalue weighted by Gasteiger charge is -2.41. The van der Waals surface area contributed by atoms with E-state index in [9.17, 15) is 14.7 Å². The molecule has 1 fully saturated rings. The van der Waals surface area contributed by atoms with Crippen LogP contribution in [0, 0.1) is 0 Å². The van der Waals surface area contributed by atoms with Crippen LogP contribution < -0.4 is 0 Å². The predicted octanol–water partition coefficient (Wildman–Crippen LogP) is 2.20. The molecule has 2 rings (SSSR count). The summed E-state index contributed by atoms with van der Waals surface area (Å²) in [6.45, 7) is 2.02. The summed E-state index contributed by atoms with van der Waals surface area (Å²) in [5, 5.41) is 9.64. The molecule has 1 amide bonds. The van der Waals surface area contributed by atoms with E-state index in [1.807, 2.05) is 0 Å². The normalized spacial score (nSPS) is 23.2. The summed E-state index contributed by atoms with van der Waals surface area (Å²) in [4.78, 5) is 29.2. The molecular formula is C13H15ClN2O3. The number of aliphatic carboxylic acids is 1. The van der Waals surface area contributed by atoms with Crippen molar-refractivity contribution in [3.05, 3.63) is 29.0 Å². The minimum atomic E-state index is -1.16. The highest BCUT2D eigenvalue weighted by molar-refractivity contribution is 6.33. The van der Waals surface area contributed by atoms with Crippen LogP contribution in [-0.2, 0) is 4.79 Å². The Morgan fingerprint density at radius 1 is 1.47 bits per heavy atom. The third-order valence-electron chi connectivity index (χ3n) is 3.60. The second kappa shape index (κ2) is 5.17. The van der Waals surface area contributed by atoms with Crippen molar-refractivity contribution in [1.82, 2.24) is 9.88 Å². The van der Waals surface area contributed by atoms with Crippen molar-refractivity contribution in [3.8, 4) is 0 Å². The van der Waals surface area contributed by atoms with Crippen molar-refractivity contribution >= 4 is 23.5 Å². The first-order chi connectivity index (χ1) is 8.97. The summed E-state index contributed by atoms with van der Waals surface area (Å²) in [6, 6.07) is 1.52. The lowest BCUT2D eigenvalue weighted by Crippen LogP contribution is -2.57. The number of nitrogens with zero attached hydrogens (tertiary/aromatic N) is 2. The van der Waals surface area contributed by atoms with Gasteiger partial charge in [0.1, 0.15) is 5.54 Å². The lowest BCUT2D eigenvalue weighted by atomic mass is 9.88. The quantitative estimate of drug-likeness (QED) is 0.903. The SMILES string of the molecule is CC1(C(=O)O)CCCCN1C(=O)c1ccncc1Cl. The summed E-state index contributed by atoms with van der Waals surface area (Å²) in [6.07, 6.45) is 4.92. The number of amides is 1. The smallest absolute Gasteiger partial charge is 0.329 e. The standard InChI is InChI=1S/C13H15ClN2O3/c1-13(12(18)19)5-2-3-7-16(13)11(17)9-4-6-15-8-10(9)14/h4,6,8H,2-3,5,7H2,1H3,(H,18,19). The molecule has 0 aromatic carbocycles. The third-order valence-corrected chi connectivity index (χ3v) is 3.90. The number of carboxylic acid groups (broad SMARTS) is 1. The molecule has 1 aliphatic heterocycles. The molecule has 1 aromatic heterocycles. The van der Waals surface area contributed by atoms with E-state index in [4.69, 9.17) is 11.6 Å². The fourth-order valence-electron chi connectivity index (χ4n) is 2.36.